The Kier molecular flexibility index (Phi) is 4.94. The lowest BCUT2D eigenvalue weighted by molar-refractivity contribution is -0.106. The zero-order valence-electron chi connectivity index (χ0n) is 13.4. The Bertz CT molecular complexity index is 871. The summed E-state index contributed by atoms with van der Waals surface area (Å²) in [6, 6.07) is 4.22. The number of nitrogens with one attached hydrogen (secondary N) is 2. The van der Waals surface area contributed by atoms with Crippen LogP contribution in [0.1, 0.15) is 25.1 Å². The van der Waals surface area contributed by atoms with E-state index in [1.54, 1.807) is 0 Å². The molecule has 5 nitrogen and oxygen atoms in total. The summed E-state index contributed by atoms with van der Waals surface area (Å²) in [6.45, 7) is 2.38. The molecule has 2 aromatic heterocycles. The highest BCUT2D eigenvalue weighted by Crippen LogP contribution is 2.45. The number of rotatable bonds is 2. The third kappa shape index (κ3) is 2.62. The van der Waals surface area contributed by atoms with Crippen LogP contribution in [0.2, 0.25) is 10.0 Å². The number of hydrogen-bond donors (Lipinski definition) is 2. The van der Waals surface area contributed by atoms with Crippen molar-refractivity contribution in [3.63, 3.8) is 0 Å². The van der Waals surface area contributed by atoms with Crippen molar-refractivity contribution in [1.29, 1.82) is 0 Å². The fraction of sp³-hybridized carbons (Fsp3) is 0.294. The Morgan fingerprint density at radius 1 is 1.42 bits per heavy atom. The van der Waals surface area contributed by atoms with Crippen LogP contribution in [-0.4, -0.2) is 28.1 Å². The number of carbonyl (C=O) groups excluding carboxylic acids is 1. The van der Waals surface area contributed by atoms with Crippen LogP contribution in [0.5, 0.6) is 0 Å². The molecule has 2 N–H and O–H groups in total. The molecule has 3 aromatic rings. The summed E-state index contributed by atoms with van der Waals surface area (Å²) < 4.78 is 2.28. The molecular weight excluding hydrogens is 347 g/mol. The van der Waals surface area contributed by atoms with Crippen LogP contribution >= 0.6 is 23.2 Å². The molecule has 0 bridgehead atoms. The topological polar surface area (TPSA) is 62.7 Å². The molecule has 1 atom stereocenters. The SMILES string of the molecule is CC=O.CNC1CCn2c1c(-c1cn[nH]c1)c1ccc(Cl)c(Cl)c12. The Morgan fingerprint density at radius 3 is 2.79 bits per heavy atom. The first-order valence-corrected chi connectivity index (χ1v) is 8.45. The number of aromatic amines is 1. The van der Waals surface area contributed by atoms with Crippen LogP contribution in [0.25, 0.3) is 22.0 Å². The summed E-state index contributed by atoms with van der Waals surface area (Å²) in [5.74, 6) is 0. The van der Waals surface area contributed by atoms with Gasteiger partial charge >= 0.3 is 0 Å². The van der Waals surface area contributed by atoms with E-state index in [0.717, 1.165) is 35.7 Å². The molecule has 4 rings (SSSR count). The Labute approximate surface area is 149 Å². The second-order valence-electron chi connectivity index (χ2n) is 5.52. The van der Waals surface area contributed by atoms with Crippen LogP contribution in [0.15, 0.2) is 24.5 Å². The predicted molar refractivity (Wildman–Crippen MR) is 97.7 cm³/mol. The van der Waals surface area contributed by atoms with Gasteiger partial charge in [0.1, 0.15) is 6.29 Å². The van der Waals surface area contributed by atoms with E-state index in [4.69, 9.17) is 28.0 Å². The van der Waals surface area contributed by atoms with Gasteiger partial charge in [0, 0.05) is 41.0 Å². The van der Waals surface area contributed by atoms with Crippen molar-refractivity contribution < 1.29 is 4.79 Å². The highest BCUT2D eigenvalue weighted by Gasteiger charge is 2.30. The molecule has 3 heterocycles. The third-order valence-electron chi connectivity index (χ3n) is 4.26. The maximum atomic E-state index is 8.81. The lowest BCUT2D eigenvalue weighted by Crippen LogP contribution is -2.13. The van der Waals surface area contributed by atoms with Crippen LogP contribution in [0.3, 0.4) is 0 Å². The molecule has 24 heavy (non-hydrogen) atoms. The van der Waals surface area contributed by atoms with E-state index in [0.29, 0.717) is 16.1 Å². The molecule has 0 saturated heterocycles. The van der Waals surface area contributed by atoms with E-state index in [1.807, 2.05) is 31.6 Å². The molecule has 1 aliphatic rings. The van der Waals surface area contributed by atoms with Crippen LogP contribution in [0, 0.1) is 0 Å². The smallest absolute Gasteiger partial charge is 0.116 e. The number of fused-ring (bicyclic) bond motifs is 3. The van der Waals surface area contributed by atoms with Gasteiger partial charge in [-0.1, -0.05) is 29.3 Å². The highest BCUT2D eigenvalue weighted by molar-refractivity contribution is 6.45. The molecule has 7 heteroatoms. The minimum atomic E-state index is 0.317. The van der Waals surface area contributed by atoms with Gasteiger partial charge in [-0.3, -0.25) is 5.10 Å². The molecule has 1 aromatic carbocycles. The fourth-order valence-corrected chi connectivity index (χ4v) is 3.78. The van der Waals surface area contributed by atoms with Gasteiger partial charge in [-0.2, -0.15) is 5.10 Å². The molecule has 0 fully saturated rings. The lowest BCUT2D eigenvalue weighted by Gasteiger charge is -2.10. The molecule has 0 saturated carbocycles. The second-order valence-corrected chi connectivity index (χ2v) is 6.31. The molecular formula is C17H18Cl2N4O. The third-order valence-corrected chi connectivity index (χ3v) is 5.06. The molecule has 1 aliphatic heterocycles. The van der Waals surface area contributed by atoms with E-state index < -0.39 is 0 Å². The first-order chi connectivity index (χ1) is 11.6. The van der Waals surface area contributed by atoms with Crippen molar-refractivity contribution in [2.45, 2.75) is 25.9 Å². The first kappa shape index (κ1) is 17.0. The number of aromatic nitrogens is 3. The summed E-state index contributed by atoms with van der Waals surface area (Å²) in [6.07, 6.45) is 5.57. The maximum Gasteiger partial charge on any atom is 0.116 e. The second kappa shape index (κ2) is 6.97. The zero-order chi connectivity index (χ0) is 17.3. The van der Waals surface area contributed by atoms with Crippen LogP contribution in [0.4, 0.5) is 0 Å². The zero-order valence-corrected chi connectivity index (χ0v) is 14.9. The van der Waals surface area contributed by atoms with Crippen molar-refractivity contribution in [3.05, 3.63) is 40.3 Å². The van der Waals surface area contributed by atoms with Crippen molar-refractivity contribution in [2.24, 2.45) is 0 Å². The number of nitrogens with zero attached hydrogens (tertiary/aromatic N) is 2. The first-order valence-electron chi connectivity index (χ1n) is 7.70. The Balaban J connectivity index is 0.000000526. The summed E-state index contributed by atoms with van der Waals surface area (Å²) in [5, 5.41) is 12.7. The molecule has 0 aliphatic carbocycles. The van der Waals surface area contributed by atoms with Crippen molar-refractivity contribution in [2.75, 3.05) is 7.05 Å². The van der Waals surface area contributed by atoms with Crippen molar-refractivity contribution in [3.8, 4) is 11.1 Å². The average molecular weight is 365 g/mol. The van der Waals surface area contributed by atoms with E-state index >= 15 is 0 Å². The number of carbonyl (C=O) groups is 1. The molecule has 126 valence electrons. The Hall–Kier alpha value is -1.82. The standard InChI is InChI=1S/C15H14Cl2N4.C2H4O/c1-18-11-4-5-21-14-9(2-3-10(16)13(14)17)12(15(11)21)8-6-19-20-7-8;1-2-3/h2-3,6-7,11,18H,4-5H2,1H3,(H,19,20);2H,1H3. The van der Waals surface area contributed by atoms with E-state index in [2.05, 4.69) is 20.1 Å². The van der Waals surface area contributed by atoms with E-state index in [1.165, 1.54) is 18.2 Å². The van der Waals surface area contributed by atoms with Crippen LogP contribution in [-0.2, 0) is 11.3 Å². The summed E-state index contributed by atoms with van der Waals surface area (Å²) >= 11 is 12.7. The molecule has 0 radical (unpaired) electrons. The van der Waals surface area contributed by atoms with Gasteiger partial charge in [-0.15, -0.1) is 0 Å². The van der Waals surface area contributed by atoms with Gasteiger partial charge in [0.15, 0.2) is 0 Å². The summed E-state index contributed by atoms with van der Waals surface area (Å²) in [7, 11) is 1.99. The van der Waals surface area contributed by atoms with Gasteiger partial charge in [0.25, 0.3) is 0 Å². The fourth-order valence-electron chi connectivity index (χ4n) is 3.36. The van der Waals surface area contributed by atoms with Gasteiger partial charge in [-0.25, -0.2) is 0 Å². The number of hydrogen-bond acceptors (Lipinski definition) is 3. The van der Waals surface area contributed by atoms with Crippen molar-refractivity contribution >= 4 is 40.4 Å². The lowest BCUT2D eigenvalue weighted by atomic mass is 10.0. The van der Waals surface area contributed by atoms with Crippen molar-refractivity contribution in [1.82, 2.24) is 20.1 Å². The average Bonchev–Trinajstić information content (AvgIpc) is 3.27. The van der Waals surface area contributed by atoms with Gasteiger partial charge in [-0.05, 0) is 26.5 Å². The maximum absolute atomic E-state index is 8.81. The van der Waals surface area contributed by atoms with Gasteiger partial charge < -0.3 is 14.7 Å². The normalized spacial score (nSPS) is 15.9. The number of aryl methyl sites for hydroxylation is 1. The molecule has 0 amide bonds. The minimum absolute atomic E-state index is 0.317. The summed E-state index contributed by atoms with van der Waals surface area (Å²) in [4.78, 5) is 8.81. The van der Waals surface area contributed by atoms with Crippen LogP contribution < -0.4 is 5.32 Å². The monoisotopic (exact) mass is 364 g/mol. The summed E-state index contributed by atoms with van der Waals surface area (Å²) in [5.41, 5.74) is 4.55. The largest absolute Gasteiger partial charge is 0.341 e. The molecule has 1 unspecified atom stereocenters. The Morgan fingerprint density at radius 2 is 2.17 bits per heavy atom. The highest BCUT2D eigenvalue weighted by atomic mass is 35.5. The minimum Gasteiger partial charge on any atom is -0.341 e. The van der Waals surface area contributed by atoms with Gasteiger partial charge in [0.05, 0.1) is 21.8 Å². The number of H-pyrrole nitrogens is 1. The van der Waals surface area contributed by atoms with E-state index in [9.17, 15) is 0 Å². The number of halogens is 2. The number of benzene rings is 1. The predicted octanol–water partition coefficient (Wildman–Crippen LogP) is 4.21. The number of aldehydes is 1. The molecule has 0 spiro atoms. The van der Waals surface area contributed by atoms with Gasteiger partial charge in [0.2, 0.25) is 0 Å². The van der Waals surface area contributed by atoms with E-state index in [-0.39, 0.29) is 0 Å². The quantitative estimate of drug-likeness (QED) is 0.669.